The SMILES string of the molecule is Cn1cnnc1CC1(c2ccc3c(c2)C(=O)N(c2cc(CNCC4CCC4)cc(Cl)n2)C3)COC1. The zero-order valence-electron chi connectivity index (χ0n) is 19.8. The number of ether oxygens (including phenoxy) is 1. The van der Waals surface area contributed by atoms with Crippen LogP contribution >= 0.6 is 11.6 Å². The Hall–Kier alpha value is -2.81. The highest BCUT2D eigenvalue weighted by atomic mass is 35.5. The predicted molar refractivity (Wildman–Crippen MR) is 132 cm³/mol. The Morgan fingerprint density at radius 3 is 2.77 bits per heavy atom. The number of carbonyl (C=O) groups is 1. The van der Waals surface area contributed by atoms with Crippen LogP contribution in [0.15, 0.2) is 36.7 Å². The Morgan fingerprint density at radius 2 is 2.09 bits per heavy atom. The van der Waals surface area contributed by atoms with Gasteiger partial charge in [-0.2, -0.15) is 0 Å². The molecule has 2 fully saturated rings. The summed E-state index contributed by atoms with van der Waals surface area (Å²) in [5, 5.41) is 12.2. The molecule has 182 valence electrons. The average Bonchev–Trinajstić information content (AvgIpc) is 3.34. The van der Waals surface area contributed by atoms with Gasteiger partial charge < -0.3 is 14.6 Å². The quantitative estimate of drug-likeness (QED) is 0.485. The van der Waals surface area contributed by atoms with Crippen LogP contribution < -0.4 is 10.2 Å². The van der Waals surface area contributed by atoms with Gasteiger partial charge in [0.25, 0.3) is 5.91 Å². The monoisotopic (exact) mass is 492 g/mol. The summed E-state index contributed by atoms with van der Waals surface area (Å²) < 4.78 is 7.55. The number of anilines is 1. The second-order valence-electron chi connectivity index (χ2n) is 10.2. The van der Waals surface area contributed by atoms with E-state index in [1.807, 2.05) is 29.8 Å². The molecule has 1 saturated heterocycles. The molecule has 2 aromatic heterocycles. The van der Waals surface area contributed by atoms with Gasteiger partial charge in [-0.05, 0) is 60.2 Å². The second kappa shape index (κ2) is 9.00. The van der Waals surface area contributed by atoms with Gasteiger partial charge in [0.2, 0.25) is 0 Å². The third-order valence-corrected chi connectivity index (χ3v) is 7.88. The maximum atomic E-state index is 13.5. The summed E-state index contributed by atoms with van der Waals surface area (Å²) in [5.41, 5.74) is 3.66. The van der Waals surface area contributed by atoms with E-state index in [0.29, 0.717) is 37.2 Å². The van der Waals surface area contributed by atoms with Gasteiger partial charge >= 0.3 is 0 Å². The summed E-state index contributed by atoms with van der Waals surface area (Å²) in [7, 11) is 1.95. The third-order valence-electron chi connectivity index (χ3n) is 7.69. The van der Waals surface area contributed by atoms with E-state index >= 15 is 0 Å². The maximum absolute atomic E-state index is 13.5. The fraction of sp³-hybridized carbons (Fsp3) is 0.462. The van der Waals surface area contributed by atoms with Gasteiger partial charge in [0.05, 0.1) is 19.8 Å². The number of nitrogens with one attached hydrogen (secondary N) is 1. The number of rotatable bonds is 8. The number of hydrogen-bond acceptors (Lipinski definition) is 6. The minimum atomic E-state index is -0.197. The van der Waals surface area contributed by atoms with Gasteiger partial charge in [0, 0.05) is 31.0 Å². The molecule has 0 unspecified atom stereocenters. The summed E-state index contributed by atoms with van der Waals surface area (Å²) in [6.07, 6.45) is 6.38. The first-order valence-corrected chi connectivity index (χ1v) is 12.6. The first-order valence-electron chi connectivity index (χ1n) is 12.2. The summed E-state index contributed by atoms with van der Waals surface area (Å²) in [6, 6.07) is 10.1. The maximum Gasteiger partial charge on any atom is 0.260 e. The minimum Gasteiger partial charge on any atom is -0.379 e. The molecule has 35 heavy (non-hydrogen) atoms. The van der Waals surface area contributed by atoms with Crippen molar-refractivity contribution in [3.8, 4) is 0 Å². The summed E-state index contributed by atoms with van der Waals surface area (Å²) in [6.45, 7) is 3.43. The van der Waals surface area contributed by atoms with Crippen molar-refractivity contribution in [2.75, 3.05) is 24.7 Å². The van der Waals surface area contributed by atoms with E-state index < -0.39 is 0 Å². The van der Waals surface area contributed by atoms with Gasteiger partial charge in [-0.1, -0.05) is 30.2 Å². The van der Waals surface area contributed by atoms with Crippen molar-refractivity contribution in [3.63, 3.8) is 0 Å². The first-order chi connectivity index (χ1) is 17.0. The molecule has 6 rings (SSSR count). The third kappa shape index (κ3) is 4.24. The van der Waals surface area contributed by atoms with Crippen molar-refractivity contribution in [1.29, 1.82) is 0 Å². The highest BCUT2D eigenvalue weighted by Crippen LogP contribution is 2.38. The number of aryl methyl sites for hydroxylation is 1. The largest absolute Gasteiger partial charge is 0.379 e. The van der Waals surface area contributed by atoms with Crippen molar-refractivity contribution in [1.82, 2.24) is 25.1 Å². The van der Waals surface area contributed by atoms with E-state index in [2.05, 4.69) is 32.6 Å². The number of carbonyl (C=O) groups excluding carboxylic acids is 1. The van der Waals surface area contributed by atoms with Crippen molar-refractivity contribution >= 4 is 23.3 Å². The normalized spacial score (nSPS) is 18.9. The van der Waals surface area contributed by atoms with E-state index in [1.165, 1.54) is 19.3 Å². The number of fused-ring (bicyclic) bond motifs is 1. The van der Waals surface area contributed by atoms with E-state index in [4.69, 9.17) is 16.3 Å². The van der Waals surface area contributed by atoms with Crippen LogP contribution in [0.3, 0.4) is 0 Å². The van der Waals surface area contributed by atoms with E-state index in [0.717, 1.165) is 47.1 Å². The Morgan fingerprint density at radius 1 is 1.23 bits per heavy atom. The standard InChI is InChI=1S/C26H29ClN6O2/c1-32-16-29-31-24(32)10-26(14-35-15-26)20-6-5-19-13-33(25(34)21(19)9-20)23-8-18(7-22(27)30-23)12-28-11-17-3-2-4-17/h5-9,16-17,28H,2-4,10-15H2,1H3. The van der Waals surface area contributed by atoms with Crippen molar-refractivity contribution < 1.29 is 9.53 Å². The fourth-order valence-corrected chi connectivity index (χ4v) is 5.42. The molecule has 3 aliphatic rings. The van der Waals surface area contributed by atoms with E-state index in [-0.39, 0.29) is 11.3 Å². The van der Waals surface area contributed by atoms with Gasteiger partial charge in [0.15, 0.2) is 0 Å². The van der Waals surface area contributed by atoms with Crippen LogP contribution in [0.1, 0.15) is 52.1 Å². The molecular weight excluding hydrogens is 464 g/mol. The highest BCUT2D eigenvalue weighted by molar-refractivity contribution is 6.29. The predicted octanol–water partition coefficient (Wildman–Crippen LogP) is 3.42. The van der Waals surface area contributed by atoms with Gasteiger partial charge in [-0.15, -0.1) is 10.2 Å². The molecule has 0 atom stereocenters. The molecule has 0 spiro atoms. The fourth-order valence-electron chi connectivity index (χ4n) is 5.20. The van der Waals surface area contributed by atoms with Crippen LogP contribution in [-0.4, -0.2) is 45.4 Å². The van der Waals surface area contributed by atoms with E-state index in [1.54, 1.807) is 11.2 Å². The zero-order chi connectivity index (χ0) is 24.0. The summed E-state index contributed by atoms with van der Waals surface area (Å²) in [5.74, 6) is 2.25. The first kappa shape index (κ1) is 22.6. The Labute approximate surface area is 209 Å². The molecule has 3 aromatic rings. The lowest BCUT2D eigenvalue weighted by atomic mass is 9.75. The van der Waals surface area contributed by atoms with Crippen molar-refractivity contribution in [3.05, 3.63) is 69.9 Å². The lowest BCUT2D eigenvalue weighted by Crippen LogP contribution is -2.49. The van der Waals surface area contributed by atoms with Gasteiger partial charge in [-0.25, -0.2) is 4.98 Å². The van der Waals surface area contributed by atoms with Gasteiger partial charge in [-0.3, -0.25) is 9.69 Å². The molecule has 1 aliphatic carbocycles. The topological polar surface area (TPSA) is 85.2 Å². The molecular formula is C26H29ClN6O2. The lowest BCUT2D eigenvalue weighted by Gasteiger charge is -2.41. The lowest BCUT2D eigenvalue weighted by molar-refractivity contribution is -0.0611. The zero-order valence-corrected chi connectivity index (χ0v) is 20.6. The van der Waals surface area contributed by atoms with Crippen LogP contribution in [0, 0.1) is 5.92 Å². The highest BCUT2D eigenvalue weighted by Gasteiger charge is 2.43. The number of aromatic nitrogens is 4. The Kier molecular flexibility index (Phi) is 5.82. The van der Waals surface area contributed by atoms with Crippen LogP contribution in [0.4, 0.5) is 5.82 Å². The van der Waals surface area contributed by atoms with Crippen LogP contribution in [-0.2, 0) is 36.7 Å². The van der Waals surface area contributed by atoms with Crippen molar-refractivity contribution in [2.45, 2.75) is 44.2 Å². The molecule has 8 nitrogen and oxygen atoms in total. The molecule has 1 saturated carbocycles. The van der Waals surface area contributed by atoms with Crippen molar-refractivity contribution in [2.24, 2.45) is 13.0 Å². The van der Waals surface area contributed by atoms with Crippen LogP contribution in [0.5, 0.6) is 0 Å². The number of benzene rings is 1. The molecule has 1 N–H and O–H groups in total. The summed E-state index contributed by atoms with van der Waals surface area (Å²) in [4.78, 5) is 19.7. The minimum absolute atomic E-state index is 0.0426. The van der Waals surface area contributed by atoms with Crippen LogP contribution in [0.2, 0.25) is 5.15 Å². The molecule has 4 heterocycles. The Balaban J connectivity index is 1.22. The number of amides is 1. The second-order valence-corrected chi connectivity index (χ2v) is 10.5. The number of pyridine rings is 1. The van der Waals surface area contributed by atoms with Crippen LogP contribution in [0.25, 0.3) is 0 Å². The number of halogens is 1. The number of hydrogen-bond donors (Lipinski definition) is 1. The molecule has 9 heteroatoms. The van der Waals surface area contributed by atoms with Gasteiger partial charge in [0.1, 0.15) is 23.1 Å². The molecule has 0 bridgehead atoms. The number of nitrogens with zero attached hydrogens (tertiary/aromatic N) is 5. The summed E-state index contributed by atoms with van der Waals surface area (Å²) >= 11 is 6.36. The molecule has 0 radical (unpaired) electrons. The molecule has 2 aliphatic heterocycles. The Bertz CT molecular complexity index is 1270. The average molecular weight is 493 g/mol. The molecule has 1 aromatic carbocycles. The van der Waals surface area contributed by atoms with E-state index in [9.17, 15) is 4.79 Å². The molecule has 1 amide bonds. The smallest absolute Gasteiger partial charge is 0.260 e.